The molecule has 8 nitrogen and oxygen atoms in total. The quantitative estimate of drug-likeness (QED) is 0.177. The lowest BCUT2D eigenvalue weighted by Gasteiger charge is -2.19. The van der Waals surface area contributed by atoms with Crippen LogP contribution in [-0.2, 0) is 16.0 Å². The highest BCUT2D eigenvalue weighted by atomic mass is 79.9. The third-order valence-electron chi connectivity index (χ3n) is 5.44. The van der Waals surface area contributed by atoms with Crippen LogP contribution < -0.4 is 10.2 Å². The van der Waals surface area contributed by atoms with Crippen molar-refractivity contribution >= 4 is 56.6 Å². The fourth-order valence-electron chi connectivity index (χ4n) is 3.65. The Bertz CT molecular complexity index is 1420. The topological polar surface area (TPSA) is 116 Å². The van der Waals surface area contributed by atoms with E-state index in [1.165, 1.54) is 17.0 Å². The van der Waals surface area contributed by atoms with Crippen molar-refractivity contribution in [1.29, 1.82) is 5.26 Å². The van der Waals surface area contributed by atoms with Crippen molar-refractivity contribution in [3.63, 3.8) is 0 Å². The molecule has 1 aliphatic heterocycles. The molecule has 1 atom stereocenters. The van der Waals surface area contributed by atoms with Crippen molar-refractivity contribution in [3.05, 3.63) is 109 Å². The molecule has 0 spiro atoms. The number of benzene rings is 3. The summed E-state index contributed by atoms with van der Waals surface area (Å²) in [5, 5.41) is 23.4. The largest absolute Gasteiger partial charge is 0.321 e. The zero-order valence-corrected chi connectivity index (χ0v) is 21.4. The maximum Gasteiger partial charge on any atom is 0.269 e. The van der Waals surface area contributed by atoms with Crippen LogP contribution in [0.5, 0.6) is 0 Å². The van der Waals surface area contributed by atoms with Gasteiger partial charge in [-0.05, 0) is 55.3 Å². The molecule has 1 fully saturated rings. The van der Waals surface area contributed by atoms with Crippen molar-refractivity contribution in [2.75, 3.05) is 10.2 Å². The van der Waals surface area contributed by atoms with Gasteiger partial charge in [0.2, 0.25) is 5.91 Å². The third-order valence-corrected chi connectivity index (χ3v) is 7.23. The van der Waals surface area contributed by atoms with Gasteiger partial charge in [0.1, 0.15) is 16.7 Å². The Morgan fingerprint density at radius 1 is 1.17 bits per heavy atom. The number of rotatable bonds is 6. The second-order valence-electron chi connectivity index (χ2n) is 8.00. The minimum Gasteiger partial charge on any atom is -0.321 e. The molecule has 0 saturated carbocycles. The fraction of sp³-hybridized carbons (Fsp3) is 0.115. The molecule has 10 heteroatoms. The molecule has 4 rings (SSSR count). The molecule has 1 aliphatic rings. The molecule has 1 heterocycles. The first-order valence-electron chi connectivity index (χ1n) is 10.8. The summed E-state index contributed by atoms with van der Waals surface area (Å²) in [4.78, 5) is 38.7. The van der Waals surface area contributed by atoms with Gasteiger partial charge in [0, 0.05) is 28.0 Å². The molecule has 180 valence electrons. The molecule has 0 aliphatic carbocycles. The number of carbonyl (C=O) groups excluding carboxylic acids is 2. The lowest BCUT2D eigenvalue weighted by molar-refractivity contribution is -0.384. The number of nitriles is 1. The number of nitrogens with zero attached hydrogens (tertiary/aromatic N) is 3. The van der Waals surface area contributed by atoms with Crippen molar-refractivity contribution in [2.45, 2.75) is 18.6 Å². The van der Waals surface area contributed by atoms with Crippen molar-refractivity contribution in [3.8, 4) is 6.07 Å². The van der Waals surface area contributed by atoms with Crippen LogP contribution in [-0.4, -0.2) is 22.0 Å². The molecule has 1 saturated heterocycles. The highest BCUT2D eigenvalue weighted by Gasteiger charge is 2.41. The normalized spacial score (nSPS) is 16.4. The lowest BCUT2D eigenvalue weighted by Crippen LogP contribution is -2.30. The number of halogens is 1. The summed E-state index contributed by atoms with van der Waals surface area (Å²) in [6.07, 6.45) is 0.194. The van der Waals surface area contributed by atoms with E-state index in [0.717, 1.165) is 21.8 Å². The second-order valence-corrected chi connectivity index (χ2v) is 10.1. The Kier molecular flexibility index (Phi) is 7.52. The Balaban J connectivity index is 1.72. The Morgan fingerprint density at radius 2 is 1.86 bits per heavy atom. The number of non-ortho nitro benzene ring substituents is 1. The van der Waals surface area contributed by atoms with E-state index >= 15 is 0 Å². The van der Waals surface area contributed by atoms with E-state index in [2.05, 4.69) is 21.2 Å². The monoisotopic (exact) mass is 562 g/mol. The highest BCUT2D eigenvalue weighted by molar-refractivity contribution is 9.10. The third kappa shape index (κ3) is 5.48. The number of aryl methyl sites for hydroxylation is 1. The summed E-state index contributed by atoms with van der Waals surface area (Å²) >= 11 is 4.47. The summed E-state index contributed by atoms with van der Waals surface area (Å²) in [6.45, 7) is 1.92. The van der Waals surface area contributed by atoms with Gasteiger partial charge in [0.05, 0.1) is 10.2 Å². The fourth-order valence-corrected chi connectivity index (χ4v) is 5.23. The van der Waals surface area contributed by atoms with E-state index in [-0.39, 0.29) is 28.6 Å². The predicted molar refractivity (Wildman–Crippen MR) is 142 cm³/mol. The number of thioether (sulfide) groups is 1. The van der Waals surface area contributed by atoms with Gasteiger partial charge in [-0.15, -0.1) is 0 Å². The maximum atomic E-state index is 13.5. The zero-order valence-electron chi connectivity index (χ0n) is 19.0. The number of hydrogen-bond acceptors (Lipinski definition) is 6. The van der Waals surface area contributed by atoms with Crippen molar-refractivity contribution in [1.82, 2.24) is 0 Å². The average molecular weight is 563 g/mol. The van der Waals surface area contributed by atoms with Crippen LogP contribution in [0.2, 0.25) is 0 Å². The smallest absolute Gasteiger partial charge is 0.269 e. The van der Waals surface area contributed by atoms with E-state index in [1.54, 1.807) is 48.5 Å². The Labute approximate surface area is 219 Å². The van der Waals surface area contributed by atoms with Crippen LogP contribution >= 0.6 is 27.7 Å². The summed E-state index contributed by atoms with van der Waals surface area (Å²) in [5.41, 5.74) is 2.39. The van der Waals surface area contributed by atoms with Crippen LogP contribution in [0.1, 0.15) is 11.1 Å². The van der Waals surface area contributed by atoms with E-state index in [4.69, 9.17) is 0 Å². The standard InChI is InChI=1S/C26H19BrN4O4S/c1-16-5-9-19(10-6-16)29-24(32)22(15-28)26-30(20-11-7-18(27)8-12-20)25(33)23(36-26)14-17-3-2-4-21(13-17)31(34)35/h2-13,23H,14H2,1H3,(H,29,32)/b26-22-/t23-/m1/s1. The minimum atomic E-state index is -0.679. The number of nitro benzene ring substituents is 1. The molecule has 3 aromatic rings. The summed E-state index contributed by atoms with van der Waals surface area (Å²) < 4.78 is 0.807. The van der Waals surface area contributed by atoms with Crippen LogP contribution in [0.4, 0.5) is 17.1 Å². The summed E-state index contributed by atoms with van der Waals surface area (Å²) in [5.74, 6) is -0.950. The summed E-state index contributed by atoms with van der Waals surface area (Å²) in [6, 6.07) is 22.2. The molecule has 0 aromatic heterocycles. The van der Waals surface area contributed by atoms with E-state index in [1.807, 2.05) is 25.1 Å². The van der Waals surface area contributed by atoms with Crippen LogP contribution in [0.25, 0.3) is 0 Å². The number of carbonyl (C=O) groups is 2. The SMILES string of the molecule is Cc1ccc(NC(=O)/C(C#N)=C2\S[C@H](Cc3cccc([N+](=O)[O-])c3)C(=O)N2c2ccc(Br)cc2)cc1. The summed E-state index contributed by atoms with van der Waals surface area (Å²) in [7, 11) is 0. The average Bonchev–Trinajstić information content (AvgIpc) is 3.17. The molecule has 1 N–H and O–H groups in total. The van der Waals surface area contributed by atoms with Gasteiger partial charge in [-0.2, -0.15) is 5.26 Å². The molecular weight excluding hydrogens is 544 g/mol. The molecule has 0 radical (unpaired) electrons. The predicted octanol–water partition coefficient (Wildman–Crippen LogP) is 5.73. The molecule has 3 aromatic carbocycles. The number of anilines is 2. The lowest BCUT2D eigenvalue weighted by atomic mass is 10.1. The minimum absolute atomic E-state index is 0.0707. The first-order chi connectivity index (χ1) is 17.3. The highest BCUT2D eigenvalue weighted by Crippen LogP contribution is 2.42. The van der Waals surface area contributed by atoms with Gasteiger partial charge in [-0.1, -0.05) is 57.5 Å². The zero-order chi connectivity index (χ0) is 25.8. The van der Waals surface area contributed by atoms with Gasteiger partial charge in [-0.25, -0.2) is 0 Å². The molecule has 0 bridgehead atoms. The Morgan fingerprint density at radius 3 is 2.50 bits per heavy atom. The van der Waals surface area contributed by atoms with Crippen LogP contribution in [0, 0.1) is 28.4 Å². The molecule has 0 unspecified atom stereocenters. The van der Waals surface area contributed by atoms with Gasteiger partial charge < -0.3 is 5.32 Å². The van der Waals surface area contributed by atoms with Gasteiger partial charge in [-0.3, -0.25) is 24.6 Å². The van der Waals surface area contributed by atoms with Crippen molar-refractivity contribution in [2.24, 2.45) is 0 Å². The van der Waals surface area contributed by atoms with Gasteiger partial charge in [0.15, 0.2) is 0 Å². The number of hydrogen-bond donors (Lipinski definition) is 1. The van der Waals surface area contributed by atoms with E-state index in [0.29, 0.717) is 16.9 Å². The molecule has 2 amide bonds. The first-order valence-corrected chi connectivity index (χ1v) is 12.5. The van der Waals surface area contributed by atoms with Crippen LogP contribution in [0.3, 0.4) is 0 Å². The van der Waals surface area contributed by atoms with E-state index in [9.17, 15) is 25.0 Å². The number of nitrogens with one attached hydrogen (secondary N) is 1. The first kappa shape index (κ1) is 25.2. The van der Waals surface area contributed by atoms with Gasteiger partial charge >= 0.3 is 0 Å². The maximum absolute atomic E-state index is 13.5. The van der Waals surface area contributed by atoms with Gasteiger partial charge in [0.25, 0.3) is 11.6 Å². The number of amides is 2. The number of nitro groups is 1. The van der Waals surface area contributed by atoms with Crippen LogP contribution in [0.15, 0.2) is 87.9 Å². The molecule has 36 heavy (non-hydrogen) atoms. The second kappa shape index (κ2) is 10.8. The van der Waals surface area contributed by atoms with E-state index < -0.39 is 16.1 Å². The van der Waals surface area contributed by atoms with Crippen molar-refractivity contribution < 1.29 is 14.5 Å². The molecular formula is C26H19BrN4O4S. The Hall–Kier alpha value is -3.94.